The number of ether oxygens (including phenoxy) is 3. The Labute approximate surface area is 282 Å². The summed E-state index contributed by atoms with van der Waals surface area (Å²) in [6.45, 7) is 25.6. The Bertz CT molecular complexity index is 1430. The molecule has 260 valence electrons. The lowest BCUT2D eigenvalue weighted by molar-refractivity contribution is -0.154. The second-order valence-corrected chi connectivity index (χ2v) is 21.4. The van der Waals surface area contributed by atoms with Crippen LogP contribution in [0.1, 0.15) is 69.9 Å². The first-order valence-corrected chi connectivity index (χ1v) is 20.4. The first-order chi connectivity index (χ1) is 21.9. The van der Waals surface area contributed by atoms with Crippen LogP contribution in [0.3, 0.4) is 0 Å². The minimum atomic E-state index is -1.45. The van der Waals surface area contributed by atoms with Gasteiger partial charge in [-0.05, 0) is 47.4 Å². The molecule has 0 saturated carbocycles. The predicted molar refractivity (Wildman–Crippen MR) is 192 cm³/mol. The number of rotatable bonds is 16. The number of amides is 1. The molecule has 0 unspecified atom stereocenters. The summed E-state index contributed by atoms with van der Waals surface area (Å²) in [5.74, 6) is -1.23. The van der Waals surface area contributed by atoms with Crippen LogP contribution in [-0.4, -0.2) is 80.1 Å². The van der Waals surface area contributed by atoms with Crippen molar-refractivity contribution in [2.24, 2.45) is 17.9 Å². The van der Waals surface area contributed by atoms with Crippen LogP contribution < -0.4 is 5.32 Å². The standard InChI is InChI=1S/C37H57N3O6Si/c1-12-14-18-37(6,7)24-44-25-38-32(36(3,4)5)33(41)40-23-27(21-31(40)34(42)45-19-20-47(9,10)11)46-35(43)30-22-28-26(13-2)16-15-17-29(28)39(30)8/h12-13,15-17,22,27,31-32,38H,1-2,14,18-21,23-25H2,3-11H3/t27-,31+,32-/m1/s1. The van der Waals surface area contributed by atoms with Gasteiger partial charge < -0.3 is 23.7 Å². The van der Waals surface area contributed by atoms with Crippen molar-refractivity contribution in [2.45, 2.75) is 97.8 Å². The van der Waals surface area contributed by atoms with Crippen molar-refractivity contribution < 1.29 is 28.6 Å². The van der Waals surface area contributed by atoms with Gasteiger partial charge in [0.1, 0.15) is 17.8 Å². The molecule has 0 radical (unpaired) electrons. The number of aromatic nitrogens is 1. The summed E-state index contributed by atoms with van der Waals surface area (Å²) in [5, 5.41) is 4.20. The van der Waals surface area contributed by atoms with Gasteiger partial charge in [0.25, 0.3) is 0 Å². The number of nitrogens with zero attached hydrogens (tertiary/aromatic N) is 2. The monoisotopic (exact) mass is 667 g/mol. The molecule has 10 heteroatoms. The van der Waals surface area contributed by atoms with Crippen molar-refractivity contribution >= 4 is 42.9 Å². The Balaban J connectivity index is 1.80. The van der Waals surface area contributed by atoms with Crippen LogP contribution in [0.2, 0.25) is 25.7 Å². The van der Waals surface area contributed by atoms with E-state index in [-0.39, 0.29) is 31.0 Å². The molecule has 9 nitrogen and oxygen atoms in total. The first-order valence-electron chi connectivity index (χ1n) is 16.7. The number of fused-ring (bicyclic) bond motifs is 1. The largest absolute Gasteiger partial charge is 0.464 e. The van der Waals surface area contributed by atoms with Crippen molar-refractivity contribution in [1.29, 1.82) is 0 Å². The summed E-state index contributed by atoms with van der Waals surface area (Å²) < 4.78 is 19.5. The van der Waals surface area contributed by atoms with Crippen LogP contribution >= 0.6 is 0 Å². The highest BCUT2D eigenvalue weighted by molar-refractivity contribution is 6.76. The second-order valence-electron chi connectivity index (χ2n) is 15.8. The zero-order valence-electron chi connectivity index (χ0n) is 30.1. The van der Waals surface area contributed by atoms with Crippen molar-refractivity contribution in [3.63, 3.8) is 0 Å². The van der Waals surface area contributed by atoms with E-state index in [0.29, 0.717) is 18.9 Å². The molecule has 1 N–H and O–H groups in total. The van der Waals surface area contributed by atoms with E-state index in [4.69, 9.17) is 14.2 Å². The fourth-order valence-corrected chi connectivity index (χ4v) is 6.55. The molecule has 47 heavy (non-hydrogen) atoms. The Morgan fingerprint density at radius 2 is 1.83 bits per heavy atom. The lowest BCUT2D eigenvalue weighted by Gasteiger charge is -2.35. The molecular weight excluding hydrogens is 611 g/mol. The molecule has 1 saturated heterocycles. The topological polar surface area (TPSA) is 99.1 Å². The maximum atomic E-state index is 14.3. The molecule has 1 aromatic heterocycles. The summed E-state index contributed by atoms with van der Waals surface area (Å²) in [6, 6.07) is 6.89. The van der Waals surface area contributed by atoms with Gasteiger partial charge in [0.2, 0.25) is 5.91 Å². The Kier molecular flexibility index (Phi) is 12.8. The number of benzene rings is 1. The molecule has 3 rings (SSSR count). The minimum Gasteiger partial charge on any atom is -0.464 e. The molecule has 1 fully saturated rings. The van der Waals surface area contributed by atoms with Crippen LogP contribution in [0.15, 0.2) is 43.5 Å². The third-order valence-corrected chi connectivity index (χ3v) is 10.5. The van der Waals surface area contributed by atoms with Crippen LogP contribution in [0.25, 0.3) is 17.0 Å². The number of aryl methyl sites for hydroxylation is 1. The summed E-state index contributed by atoms with van der Waals surface area (Å²) in [5.41, 5.74) is 1.65. The molecule has 3 atom stereocenters. The number of hydrogen-bond acceptors (Lipinski definition) is 7. The van der Waals surface area contributed by atoms with Crippen molar-refractivity contribution in [3.05, 3.63) is 54.8 Å². The third kappa shape index (κ3) is 10.4. The quantitative estimate of drug-likeness (QED) is 0.0691. The van der Waals surface area contributed by atoms with Crippen LogP contribution in [0.4, 0.5) is 0 Å². The van der Waals surface area contributed by atoms with Gasteiger partial charge in [-0.25, -0.2) is 9.59 Å². The van der Waals surface area contributed by atoms with Gasteiger partial charge in [0, 0.05) is 32.4 Å². The van der Waals surface area contributed by atoms with Crippen molar-refractivity contribution in [3.8, 4) is 0 Å². The number of allylic oxidation sites excluding steroid dienone is 1. The summed E-state index contributed by atoms with van der Waals surface area (Å²) >= 11 is 0. The molecule has 2 aromatic rings. The number of likely N-dealkylation sites (tertiary alicyclic amines) is 1. The predicted octanol–water partition coefficient (Wildman–Crippen LogP) is 6.80. The summed E-state index contributed by atoms with van der Waals surface area (Å²) in [7, 11) is 0.368. The van der Waals surface area contributed by atoms with E-state index >= 15 is 0 Å². The van der Waals surface area contributed by atoms with Gasteiger partial charge >= 0.3 is 11.9 Å². The van der Waals surface area contributed by atoms with E-state index in [2.05, 4.69) is 52.0 Å². The van der Waals surface area contributed by atoms with Gasteiger partial charge in [0.05, 0.1) is 32.5 Å². The lowest BCUT2D eigenvalue weighted by Crippen LogP contribution is -2.56. The van der Waals surface area contributed by atoms with Gasteiger partial charge in [-0.2, -0.15) is 0 Å². The van der Waals surface area contributed by atoms with Crippen LogP contribution in [0, 0.1) is 10.8 Å². The molecule has 2 heterocycles. The normalized spacial score (nSPS) is 17.9. The van der Waals surface area contributed by atoms with E-state index in [1.54, 1.807) is 16.7 Å². The second kappa shape index (κ2) is 15.8. The molecule has 1 aliphatic rings. The average molecular weight is 668 g/mol. The van der Waals surface area contributed by atoms with E-state index in [1.165, 1.54) is 4.90 Å². The van der Waals surface area contributed by atoms with Crippen LogP contribution in [-0.2, 0) is 30.8 Å². The van der Waals surface area contributed by atoms with Gasteiger partial charge in [-0.1, -0.05) is 85.1 Å². The summed E-state index contributed by atoms with van der Waals surface area (Å²) in [6.07, 6.45) is 4.99. The fourth-order valence-electron chi connectivity index (χ4n) is 5.84. The van der Waals surface area contributed by atoms with E-state index in [9.17, 15) is 14.4 Å². The third-order valence-electron chi connectivity index (χ3n) is 8.76. The zero-order chi connectivity index (χ0) is 35.2. The highest BCUT2D eigenvalue weighted by atomic mass is 28.3. The zero-order valence-corrected chi connectivity index (χ0v) is 31.1. The Morgan fingerprint density at radius 1 is 1.13 bits per heavy atom. The molecule has 1 amide bonds. The Morgan fingerprint density at radius 3 is 2.45 bits per heavy atom. The SMILES string of the molecule is C=CCCC(C)(C)COCN[C@H](C(=O)N1C[C@H](OC(=O)c2cc3c(C=C)cccc3n2C)C[C@H]1C(=O)OCC[Si](C)(C)C)C(C)(C)C. The Hall–Kier alpha value is -3.21. The minimum absolute atomic E-state index is 0.0363. The number of carbonyl (C=O) groups excluding carboxylic acids is 3. The van der Waals surface area contributed by atoms with Gasteiger partial charge in [0.15, 0.2) is 0 Å². The molecular formula is C37H57N3O6Si. The molecule has 0 spiro atoms. The number of hydrogen-bond donors (Lipinski definition) is 1. The summed E-state index contributed by atoms with van der Waals surface area (Å²) in [4.78, 5) is 42.8. The van der Waals surface area contributed by atoms with Gasteiger partial charge in [-0.15, -0.1) is 6.58 Å². The lowest BCUT2D eigenvalue weighted by atomic mass is 9.85. The average Bonchev–Trinajstić information content (AvgIpc) is 3.55. The molecule has 1 aromatic carbocycles. The van der Waals surface area contributed by atoms with E-state index in [1.807, 2.05) is 52.1 Å². The maximum absolute atomic E-state index is 14.3. The fraction of sp³-hybridized carbons (Fsp3) is 0.595. The van der Waals surface area contributed by atoms with Crippen molar-refractivity contribution in [2.75, 3.05) is 26.5 Å². The highest BCUT2D eigenvalue weighted by Gasteiger charge is 2.46. The van der Waals surface area contributed by atoms with E-state index in [0.717, 1.165) is 35.4 Å². The first kappa shape index (κ1) is 38.2. The highest BCUT2D eigenvalue weighted by Crippen LogP contribution is 2.30. The van der Waals surface area contributed by atoms with E-state index < -0.39 is 43.6 Å². The molecule has 1 aliphatic heterocycles. The van der Waals surface area contributed by atoms with Crippen LogP contribution in [0.5, 0.6) is 0 Å². The number of esters is 2. The molecule has 0 bridgehead atoms. The number of carbonyl (C=O) groups is 3. The maximum Gasteiger partial charge on any atom is 0.355 e. The molecule has 0 aliphatic carbocycles. The van der Waals surface area contributed by atoms with Gasteiger partial charge in [-0.3, -0.25) is 10.1 Å². The number of nitrogens with one attached hydrogen (secondary N) is 1. The smallest absolute Gasteiger partial charge is 0.355 e. The van der Waals surface area contributed by atoms with Crippen molar-refractivity contribution in [1.82, 2.24) is 14.8 Å².